The van der Waals surface area contributed by atoms with Gasteiger partial charge in [-0.05, 0) is 37.0 Å². The lowest BCUT2D eigenvalue weighted by Gasteiger charge is -2.22. The van der Waals surface area contributed by atoms with Gasteiger partial charge in [0.1, 0.15) is 18.5 Å². The van der Waals surface area contributed by atoms with Crippen molar-refractivity contribution in [1.82, 2.24) is 0 Å². The van der Waals surface area contributed by atoms with Gasteiger partial charge in [0.2, 0.25) is 0 Å². The first kappa shape index (κ1) is 15.3. The first-order valence-corrected chi connectivity index (χ1v) is 7.02. The predicted molar refractivity (Wildman–Crippen MR) is 73.4 cm³/mol. The van der Waals surface area contributed by atoms with Crippen molar-refractivity contribution in [1.29, 1.82) is 0 Å². The molecule has 0 radical (unpaired) electrons. The quantitative estimate of drug-likeness (QED) is 0.792. The van der Waals surface area contributed by atoms with E-state index in [1.165, 1.54) is 0 Å². The van der Waals surface area contributed by atoms with Crippen LogP contribution in [0.4, 0.5) is 0 Å². The van der Waals surface area contributed by atoms with Crippen LogP contribution < -0.4 is 4.74 Å². The molecule has 1 aliphatic heterocycles. The molecule has 2 atom stereocenters. The van der Waals surface area contributed by atoms with Crippen molar-refractivity contribution in [2.24, 2.45) is 0 Å². The van der Waals surface area contributed by atoms with Crippen molar-refractivity contribution in [3.8, 4) is 5.75 Å². The van der Waals surface area contributed by atoms with E-state index in [2.05, 4.69) is 0 Å². The summed E-state index contributed by atoms with van der Waals surface area (Å²) in [5, 5.41) is 17.9. The molecule has 20 heavy (non-hydrogen) atoms. The van der Waals surface area contributed by atoms with Crippen LogP contribution in [0.25, 0.3) is 0 Å². The Bertz CT molecular complexity index is 372. The average Bonchev–Trinajstić information content (AvgIpc) is 2.52. The second-order valence-corrected chi connectivity index (χ2v) is 4.90. The molecule has 2 rings (SSSR count). The zero-order valence-electron chi connectivity index (χ0n) is 11.5. The maximum Gasteiger partial charge on any atom is 0.158 e. The van der Waals surface area contributed by atoms with E-state index in [1.54, 1.807) is 0 Å². The first-order valence-electron chi connectivity index (χ1n) is 7.02. The van der Waals surface area contributed by atoms with Crippen LogP contribution in [0.2, 0.25) is 0 Å². The van der Waals surface area contributed by atoms with Gasteiger partial charge in [-0.25, -0.2) is 0 Å². The second-order valence-electron chi connectivity index (χ2n) is 4.90. The smallest absolute Gasteiger partial charge is 0.158 e. The van der Waals surface area contributed by atoms with Gasteiger partial charge in [0.05, 0.1) is 13.2 Å². The van der Waals surface area contributed by atoms with Gasteiger partial charge >= 0.3 is 0 Å². The molecule has 1 aromatic carbocycles. The Balaban J connectivity index is 1.73. The lowest BCUT2D eigenvalue weighted by Crippen LogP contribution is -2.22. The molecule has 2 unspecified atom stereocenters. The number of aliphatic hydroxyl groups excluding tert-OH is 2. The summed E-state index contributed by atoms with van der Waals surface area (Å²) < 4.78 is 16.5. The normalized spacial score (nSPS) is 20.6. The van der Waals surface area contributed by atoms with E-state index in [9.17, 15) is 5.11 Å². The molecule has 5 nitrogen and oxygen atoms in total. The molecule has 5 heteroatoms. The lowest BCUT2D eigenvalue weighted by molar-refractivity contribution is -0.168. The Hall–Kier alpha value is -1.14. The minimum Gasteiger partial charge on any atom is -0.491 e. The van der Waals surface area contributed by atoms with Gasteiger partial charge in [-0.1, -0.05) is 12.1 Å². The summed E-state index contributed by atoms with van der Waals surface area (Å²) in [6.07, 6.45) is 2.30. The third-order valence-electron chi connectivity index (χ3n) is 3.15. The van der Waals surface area contributed by atoms with Crippen LogP contribution in [0, 0.1) is 0 Å². The monoisotopic (exact) mass is 282 g/mol. The van der Waals surface area contributed by atoms with Crippen molar-refractivity contribution in [2.45, 2.75) is 38.3 Å². The van der Waals surface area contributed by atoms with E-state index >= 15 is 0 Å². The highest BCUT2D eigenvalue weighted by molar-refractivity contribution is 5.26. The van der Waals surface area contributed by atoms with E-state index < -0.39 is 6.10 Å². The Labute approximate surface area is 119 Å². The van der Waals surface area contributed by atoms with Crippen molar-refractivity contribution >= 4 is 0 Å². The minimum absolute atomic E-state index is 0.0839. The van der Waals surface area contributed by atoms with Crippen molar-refractivity contribution < 1.29 is 24.4 Å². The van der Waals surface area contributed by atoms with E-state index in [-0.39, 0.29) is 19.5 Å². The van der Waals surface area contributed by atoms with Crippen molar-refractivity contribution in [3.05, 3.63) is 29.8 Å². The predicted octanol–water partition coefficient (Wildman–Crippen LogP) is 1.46. The molecule has 0 aliphatic carbocycles. The highest BCUT2D eigenvalue weighted by Gasteiger charge is 2.13. The van der Waals surface area contributed by atoms with Gasteiger partial charge < -0.3 is 24.4 Å². The summed E-state index contributed by atoms with van der Waals surface area (Å²) in [6, 6.07) is 7.49. The Morgan fingerprint density at radius 1 is 1.25 bits per heavy atom. The maximum absolute atomic E-state index is 9.19. The van der Waals surface area contributed by atoms with E-state index in [1.807, 2.05) is 24.3 Å². The van der Waals surface area contributed by atoms with Gasteiger partial charge in [-0.3, -0.25) is 0 Å². The Morgan fingerprint density at radius 3 is 2.70 bits per heavy atom. The summed E-state index contributed by atoms with van der Waals surface area (Å²) in [5.74, 6) is 0.662. The zero-order chi connectivity index (χ0) is 14.2. The van der Waals surface area contributed by atoms with Crippen LogP contribution in [0.15, 0.2) is 24.3 Å². The van der Waals surface area contributed by atoms with Crippen LogP contribution in [0.1, 0.15) is 24.8 Å². The van der Waals surface area contributed by atoms with Crippen molar-refractivity contribution in [2.75, 3.05) is 19.8 Å². The molecule has 1 aliphatic rings. The fraction of sp³-hybridized carbons (Fsp3) is 0.600. The summed E-state index contributed by atoms with van der Waals surface area (Å²) in [4.78, 5) is 0. The molecule has 1 fully saturated rings. The number of hydrogen-bond acceptors (Lipinski definition) is 5. The molecular weight excluding hydrogens is 260 g/mol. The Kier molecular flexibility index (Phi) is 6.26. The first-order chi connectivity index (χ1) is 9.78. The molecule has 0 aromatic heterocycles. The van der Waals surface area contributed by atoms with E-state index in [4.69, 9.17) is 19.3 Å². The molecule has 1 aromatic rings. The van der Waals surface area contributed by atoms with Gasteiger partial charge in [0.25, 0.3) is 0 Å². The number of benzene rings is 1. The molecule has 0 bridgehead atoms. The average molecular weight is 282 g/mol. The molecule has 112 valence electrons. The fourth-order valence-electron chi connectivity index (χ4n) is 1.96. The summed E-state index contributed by atoms with van der Waals surface area (Å²) >= 11 is 0. The molecule has 2 N–H and O–H groups in total. The van der Waals surface area contributed by atoms with Crippen LogP contribution in [0.3, 0.4) is 0 Å². The molecule has 0 saturated carbocycles. The summed E-state index contributed by atoms with van der Waals surface area (Å²) in [6.45, 7) is 1.09. The molecular formula is C15H22O5. The van der Waals surface area contributed by atoms with E-state index in [0.29, 0.717) is 12.4 Å². The minimum atomic E-state index is -0.846. The van der Waals surface area contributed by atoms with Gasteiger partial charge in [0.15, 0.2) is 6.29 Å². The third-order valence-corrected chi connectivity index (χ3v) is 3.15. The van der Waals surface area contributed by atoms with Crippen LogP contribution in [-0.2, 0) is 16.1 Å². The maximum atomic E-state index is 9.19. The number of rotatable bonds is 7. The summed E-state index contributed by atoms with van der Waals surface area (Å²) in [7, 11) is 0. The number of aliphatic hydroxyl groups is 2. The zero-order valence-corrected chi connectivity index (χ0v) is 11.5. The molecule has 1 heterocycles. The van der Waals surface area contributed by atoms with Crippen LogP contribution >= 0.6 is 0 Å². The standard InChI is InChI=1S/C15H22O5/c16-9-13(17)11-19-14-6-4-12(5-7-14)10-20-15-3-1-2-8-18-15/h4-7,13,15-17H,1-3,8-11H2. The SMILES string of the molecule is OCC(O)COc1ccc(COC2CCCCO2)cc1. The molecule has 1 saturated heterocycles. The Morgan fingerprint density at radius 2 is 2.05 bits per heavy atom. The van der Waals surface area contributed by atoms with E-state index in [0.717, 1.165) is 31.4 Å². The topological polar surface area (TPSA) is 68.2 Å². The van der Waals surface area contributed by atoms with Gasteiger partial charge in [0, 0.05) is 6.61 Å². The van der Waals surface area contributed by atoms with Gasteiger partial charge in [-0.15, -0.1) is 0 Å². The lowest BCUT2D eigenvalue weighted by atomic mass is 10.2. The highest BCUT2D eigenvalue weighted by atomic mass is 16.7. The van der Waals surface area contributed by atoms with Crippen LogP contribution in [-0.4, -0.2) is 42.4 Å². The largest absolute Gasteiger partial charge is 0.491 e. The fourth-order valence-corrected chi connectivity index (χ4v) is 1.96. The highest BCUT2D eigenvalue weighted by Crippen LogP contribution is 2.17. The third kappa shape index (κ3) is 5.09. The number of hydrogen-bond donors (Lipinski definition) is 2. The van der Waals surface area contributed by atoms with Gasteiger partial charge in [-0.2, -0.15) is 0 Å². The van der Waals surface area contributed by atoms with Crippen LogP contribution in [0.5, 0.6) is 5.75 Å². The molecule has 0 spiro atoms. The summed E-state index contributed by atoms with van der Waals surface area (Å²) in [5.41, 5.74) is 1.05. The second kappa shape index (κ2) is 8.21. The number of ether oxygens (including phenoxy) is 3. The van der Waals surface area contributed by atoms with Crippen molar-refractivity contribution in [3.63, 3.8) is 0 Å². The molecule has 0 amide bonds.